The number of thiazole rings is 1. The van der Waals surface area contributed by atoms with Crippen molar-refractivity contribution in [3.8, 4) is 0 Å². The van der Waals surface area contributed by atoms with Crippen molar-refractivity contribution in [2.75, 3.05) is 14.1 Å². The summed E-state index contributed by atoms with van der Waals surface area (Å²) in [6, 6.07) is 0. The minimum Gasteiger partial charge on any atom is -0.382 e. The molecule has 0 radical (unpaired) electrons. The highest BCUT2D eigenvalue weighted by Gasteiger charge is 2.02. The van der Waals surface area contributed by atoms with Crippen LogP contribution in [0.25, 0.3) is 12.4 Å². The van der Waals surface area contributed by atoms with E-state index >= 15 is 0 Å². The van der Waals surface area contributed by atoms with E-state index in [1.165, 1.54) is 11.6 Å². The predicted octanol–water partition coefficient (Wildman–Crippen LogP) is -1.24. The van der Waals surface area contributed by atoms with Gasteiger partial charge < -0.3 is 4.90 Å². The largest absolute Gasteiger partial charge is 0.382 e. The fraction of sp³-hybridized carbons (Fsp3) is 0.375. The summed E-state index contributed by atoms with van der Waals surface area (Å²) in [6.45, 7) is 0. The second-order valence-electron chi connectivity index (χ2n) is 3.18. The summed E-state index contributed by atoms with van der Waals surface area (Å²) in [5.74, 6) is 0. The molecule has 0 aromatic carbocycles. The first-order valence-electron chi connectivity index (χ1n) is 4.11. The van der Waals surface area contributed by atoms with Crippen molar-refractivity contribution in [1.82, 2.24) is 9.47 Å². The van der Waals surface area contributed by atoms with Crippen LogP contribution in [-0.4, -0.2) is 28.5 Å². The third kappa shape index (κ3) is 2.66. The number of nitrogens with zero attached hydrogens (tertiary/aromatic N) is 3. The lowest BCUT2D eigenvalue weighted by Crippen LogP contribution is -2.30. The third-order valence-corrected chi connectivity index (χ3v) is 2.74. The molecule has 15 heavy (non-hydrogen) atoms. The molecule has 0 aliphatic carbocycles. The Hall–Kier alpha value is -1.63. The Bertz CT molecular complexity index is 540. The Morgan fingerprint density at radius 2 is 2.13 bits per heavy atom. The molecule has 0 saturated carbocycles. The van der Waals surface area contributed by atoms with Crippen LogP contribution in [0.5, 0.6) is 0 Å². The Morgan fingerprint density at radius 1 is 1.53 bits per heavy atom. The van der Waals surface area contributed by atoms with Gasteiger partial charge in [0.1, 0.15) is 4.53 Å². The van der Waals surface area contributed by atoms with Crippen molar-refractivity contribution in [2.24, 2.45) is 7.05 Å². The molecule has 0 spiro atoms. The number of hydrogen-bond acceptors (Lipinski definition) is 5. The fourth-order valence-corrected chi connectivity index (χ4v) is 2.08. The Morgan fingerprint density at radius 3 is 2.60 bits per heavy atom. The van der Waals surface area contributed by atoms with Gasteiger partial charge in [0, 0.05) is 27.3 Å². The summed E-state index contributed by atoms with van der Waals surface area (Å²) in [6.07, 6.45) is 2.48. The second-order valence-corrected chi connectivity index (χ2v) is 4.24. The maximum absolute atomic E-state index is 11.6. The van der Waals surface area contributed by atoms with Crippen LogP contribution in [0.1, 0.15) is 0 Å². The van der Waals surface area contributed by atoms with Gasteiger partial charge in [-0.3, -0.25) is 19.5 Å². The van der Waals surface area contributed by atoms with Gasteiger partial charge in [-0.15, -0.1) is 11.3 Å². The van der Waals surface area contributed by atoms with E-state index in [4.69, 9.17) is 0 Å². The lowest BCUT2D eigenvalue weighted by Gasteiger charge is -1.99. The van der Waals surface area contributed by atoms with E-state index < -0.39 is 4.92 Å². The molecule has 0 atom stereocenters. The molecule has 7 heteroatoms. The van der Waals surface area contributed by atoms with Crippen LogP contribution in [0.15, 0.2) is 4.79 Å². The van der Waals surface area contributed by atoms with E-state index in [0.717, 1.165) is 17.5 Å². The maximum Gasteiger partial charge on any atom is 0.270 e. The molecule has 0 bridgehead atoms. The Kier molecular flexibility index (Phi) is 3.25. The van der Waals surface area contributed by atoms with E-state index in [1.807, 2.05) is 0 Å². The maximum atomic E-state index is 11.6. The summed E-state index contributed by atoms with van der Waals surface area (Å²) < 4.78 is 2.08. The van der Waals surface area contributed by atoms with Crippen LogP contribution in [-0.2, 0) is 7.05 Å². The highest BCUT2D eigenvalue weighted by Crippen LogP contribution is 1.78. The summed E-state index contributed by atoms with van der Waals surface area (Å²) >= 11 is 1.10. The normalized spacial score (nSPS) is 13.3. The quantitative estimate of drug-likeness (QED) is 0.470. The molecule has 0 saturated heterocycles. The van der Waals surface area contributed by atoms with Gasteiger partial charge in [-0.05, 0) is 0 Å². The van der Waals surface area contributed by atoms with Gasteiger partial charge in [-0.2, -0.15) is 0 Å². The number of nitro groups is 1. The molecule has 1 heterocycles. The number of hydrogen-bond donors (Lipinski definition) is 0. The molecule has 0 fully saturated rings. The van der Waals surface area contributed by atoms with Crippen LogP contribution in [0.4, 0.5) is 0 Å². The molecule has 82 valence electrons. The highest BCUT2D eigenvalue weighted by atomic mass is 32.1. The van der Waals surface area contributed by atoms with Crippen molar-refractivity contribution < 1.29 is 4.92 Å². The molecule has 1 aromatic rings. The van der Waals surface area contributed by atoms with Crippen LogP contribution in [0.2, 0.25) is 0 Å². The van der Waals surface area contributed by atoms with Gasteiger partial charge in [0.05, 0.1) is 4.92 Å². The first kappa shape index (κ1) is 11.4. The van der Waals surface area contributed by atoms with Gasteiger partial charge in [-0.1, -0.05) is 0 Å². The van der Waals surface area contributed by atoms with Gasteiger partial charge in [-0.25, -0.2) is 0 Å². The SMILES string of the molecule is CN(C)/C=c1/s/c(=C/[N+](=O)[O-])n(C)c1=O. The average Bonchev–Trinajstić information content (AvgIpc) is 2.32. The smallest absolute Gasteiger partial charge is 0.270 e. The van der Waals surface area contributed by atoms with Gasteiger partial charge >= 0.3 is 0 Å². The first-order valence-corrected chi connectivity index (χ1v) is 4.93. The van der Waals surface area contributed by atoms with Crippen LogP contribution < -0.4 is 14.8 Å². The minimum absolute atomic E-state index is 0.221. The lowest BCUT2D eigenvalue weighted by atomic mass is 10.7. The summed E-state index contributed by atoms with van der Waals surface area (Å²) in [5.41, 5.74) is -0.221. The molecule has 0 amide bonds. The first-order chi connectivity index (χ1) is 6.91. The number of rotatable bonds is 2. The van der Waals surface area contributed by atoms with E-state index in [9.17, 15) is 14.9 Å². The molecule has 0 N–H and O–H groups in total. The van der Waals surface area contributed by atoms with E-state index in [-0.39, 0.29) is 5.56 Å². The molecule has 0 aliphatic rings. The van der Waals surface area contributed by atoms with E-state index in [0.29, 0.717) is 9.20 Å². The van der Waals surface area contributed by atoms with Gasteiger partial charge in [0.2, 0.25) is 0 Å². The fourth-order valence-electron chi connectivity index (χ4n) is 1.01. The van der Waals surface area contributed by atoms with Crippen molar-refractivity contribution in [1.29, 1.82) is 0 Å². The van der Waals surface area contributed by atoms with Crippen LogP contribution >= 0.6 is 11.3 Å². The van der Waals surface area contributed by atoms with Crippen LogP contribution in [0, 0.1) is 10.1 Å². The van der Waals surface area contributed by atoms with Crippen molar-refractivity contribution in [3.05, 3.63) is 29.7 Å². The third-order valence-electron chi connectivity index (χ3n) is 1.65. The lowest BCUT2D eigenvalue weighted by molar-refractivity contribution is -0.363. The van der Waals surface area contributed by atoms with Crippen molar-refractivity contribution in [2.45, 2.75) is 0 Å². The number of aromatic nitrogens is 1. The molecule has 1 rings (SSSR count). The van der Waals surface area contributed by atoms with Crippen LogP contribution in [0.3, 0.4) is 0 Å². The average molecular weight is 229 g/mol. The second kappa shape index (κ2) is 4.26. The molecule has 6 nitrogen and oxygen atoms in total. The molecule has 1 aromatic heterocycles. The molecular formula is C8H11N3O3S. The van der Waals surface area contributed by atoms with E-state index in [1.54, 1.807) is 25.2 Å². The minimum atomic E-state index is -0.565. The summed E-state index contributed by atoms with van der Waals surface area (Å²) in [7, 11) is 5.09. The molecule has 0 unspecified atom stereocenters. The van der Waals surface area contributed by atoms with Gasteiger partial charge in [0.25, 0.3) is 11.8 Å². The standard InChI is InChI=1S/C8H11N3O3S/c1-9(2)4-6-8(12)10(3)7(15-6)5-11(13)14/h4-5H,1-3H3/b6-4+,7-5+. The predicted molar refractivity (Wildman–Crippen MR) is 58.4 cm³/mol. The zero-order chi connectivity index (χ0) is 11.6. The molecule has 0 aliphatic heterocycles. The Balaban J connectivity index is 3.51. The zero-order valence-electron chi connectivity index (χ0n) is 8.63. The Labute approximate surface area is 89.5 Å². The molecular weight excluding hydrogens is 218 g/mol. The highest BCUT2D eigenvalue weighted by molar-refractivity contribution is 7.07. The van der Waals surface area contributed by atoms with Crippen molar-refractivity contribution >= 4 is 23.7 Å². The van der Waals surface area contributed by atoms with Gasteiger partial charge in [0.15, 0.2) is 4.66 Å². The summed E-state index contributed by atoms with van der Waals surface area (Å²) in [5, 5.41) is 10.3. The van der Waals surface area contributed by atoms with Crippen molar-refractivity contribution in [3.63, 3.8) is 0 Å². The zero-order valence-corrected chi connectivity index (χ0v) is 9.45. The van der Waals surface area contributed by atoms with E-state index in [2.05, 4.69) is 0 Å². The summed E-state index contributed by atoms with van der Waals surface area (Å²) in [4.78, 5) is 23.0. The topological polar surface area (TPSA) is 68.4 Å². The monoisotopic (exact) mass is 229 g/mol.